The van der Waals surface area contributed by atoms with Crippen LogP contribution in [0.2, 0.25) is 0 Å². The highest BCUT2D eigenvalue weighted by molar-refractivity contribution is 9.10. The molecule has 0 amide bonds. The Bertz CT molecular complexity index is 1060. The predicted molar refractivity (Wildman–Crippen MR) is 119 cm³/mol. The zero-order valence-corrected chi connectivity index (χ0v) is 17.7. The van der Waals surface area contributed by atoms with Crippen LogP contribution in [-0.2, 0) is 6.42 Å². The number of aryl methyl sites for hydroxylation is 1. The Kier molecular flexibility index (Phi) is 5.23. The second kappa shape index (κ2) is 7.79. The number of anilines is 2. The van der Waals surface area contributed by atoms with Crippen molar-refractivity contribution in [1.82, 2.24) is 9.97 Å². The van der Waals surface area contributed by atoms with Crippen LogP contribution in [0.15, 0.2) is 65.4 Å². The molecular weight excluding hydrogens is 418 g/mol. The van der Waals surface area contributed by atoms with Gasteiger partial charge in [0.25, 0.3) is 0 Å². The Morgan fingerprint density at radius 3 is 2.37 bits per heavy atom. The maximum absolute atomic E-state index is 4.72. The fraction of sp³-hybridized carbons (Fsp3) is 0.182. The van der Waals surface area contributed by atoms with E-state index in [0.717, 1.165) is 39.2 Å². The van der Waals surface area contributed by atoms with Crippen molar-refractivity contribution >= 4 is 49.0 Å². The third-order valence-electron chi connectivity index (χ3n) is 4.63. The molecule has 2 heterocycles. The van der Waals surface area contributed by atoms with E-state index in [1.165, 1.54) is 16.0 Å². The van der Waals surface area contributed by atoms with Crippen LogP contribution in [0, 0.1) is 0 Å². The summed E-state index contributed by atoms with van der Waals surface area (Å²) in [5, 5.41) is 1.15. The number of para-hydroxylation sites is 1. The van der Waals surface area contributed by atoms with Gasteiger partial charge in [-0.3, -0.25) is 0 Å². The lowest BCUT2D eigenvalue weighted by atomic mass is 10.0. The Labute approximate surface area is 171 Å². The summed E-state index contributed by atoms with van der Waals surface area (Å²) in [5.74, 6) is 0.975. The van der Waals surface area contributed by atoms with Gasteiger partial charge in [0, 0.05) is 27.1 Å². The third kappa shape index (κ3) is 3.37. The minimum Gasteiger partial charge on any atom is -0.326 e. The van der Waals surface area contributed by atoms with Crippen LogP contribution in [0.1, 0.15) is 18.7 Å². The number of halogens is 1. The average Bonchev–Trinajstić information content (AvgIpc) is 3.09. The highest BCUT2D eigenvalue weighted by Crippen LogP contribution is 2.43. The van der Waals surface area contributed by atoms with Crippen molar-refractivity contribution in [2.24, 2.45) is 0 Å². The van der Waals surface area contributed by atoms with Gasteiger partial charge in [-0.15, -0.1) is 11.3 Å². The van der Waals surface area contributed by atoms with Crippen molar-refractivity contribution in [3.8, 4) is 11.1 Å². The summed E-state index contributed by atoms with van der Waals surface area (Å²) in [7, 11) is 0. The van der Waals surface area contributed by atoms with Crippen LogP contribution in [0.25, 0.3) is 21.3 Å². The topological polar surface area (TPSA) is 29.0 Å². The van der Waals surface area contributed by atoms with Gasteiger partial charge in [0.05, 0.1) is 5.39 Å². The molecule has 0 saturated carbocycles. The number of nitrogens with zero attached hydrogens (tertiary/aromatic N) is 3. The minimum absolute atomic E-state index is 0.840. The normalized spacial score (nSPS) is 11.1. The Balaban J connectivity index is 1.99. The summed E-state index contributed by atoms with van der Waals surface area (Å²) in [5.41, 5.74) is 3.61. The van der Waals surface area contributed by atoms with E-state index in [0.29, 0.717) is 0 Å². The molecule has 0 aliphatic heterocycles. The average molecular weight is 438 g/mol. The molecular formula is C22H20BrN3S. The lowest BCUT2D eigenvalue weighted by molar-refractivity contribution is 0.991. The molecule has 0 fully saturated rings. The van der Waals surface area contributed by atoms with E-state index in [9.17, 15) is 0 Å². The van der Waals surface area contributed by atoms with Gasteiger partial charge >= 0.3 is 0 Å². The van der Waals surface area contributed by atoms with Crippen LogP contribution in [-0.4, -0.2) is 16.5 Å². The number of benzene rings is 2. The molecule has 0 bridgehead atoms. The summed E-state index contributed by atoms with van der Waals surface area (Å²) in [6.07, 6.45) is 2.66. The summed E-state index contributed by atoms with van der Waals surface area (Å²) >= 11 is 5.31. The van der Waals surface area contributed by atoms with Gasteiger partial charge in [-0.25, -0.2) is 9.97 Å². The molecule has 0 aliphatic rings. The Hall–Kier alpha value is -2.24. The Morgan fingerprint density at radius 1 is 0.963 bits per heavy atom. The molecule has 0 N–H and O–H groups in total. The van der Waals surface area contributed by atoms with E-state index in [-0.39, 0.29) is 0 Å². The lowest BCUT2D eigenvalue weighted by Gasteiger charge is -2.23. The second-order valence-electron chi connectivity index (χ2n) is 6.22. The predicted octanol–water partition coefficient (Wildman–Crippen LogP) is 6.84. The van der Waals surface area contributed by atoms with E-state index < -0.39 is 0 Å². The van der Waals surface area contributed by atoms with Gasteiger partial charge in [-0.05, 0) is 43.2 Å². The first-order valence-corrected chi connectivity index (χ1v) is 10.7. The van der Waals surface area contributed by atoms with Crippen molar-refractivity contribution in [2.75, 3.05) is 11.4 Å². The minimum atomic E-state index is 0.840. The van der Waals surface area contributed by atoms with Gasteiger partial charge < -0.3 is 4.90 Å². The smallest absolute Gasteiger partial charge is 0.145 e. The molecule has 27 heavy (non-hydrogen) atoms. The zero-order valence-electron chi connectivity index (χ0n) is 15.3. The summed E-state index contributed by atoms with van der Waals surface area (Å²) < 4.78 is 1.08. The maximum Gasteiger partial charge on any atom is 0.145 e. The van der Waals surface area contributed by atoms with Gasteiger partial charge in [0.2, 0.25) is 0 Å². The molecule has 0 saturated heterocycles. The van der Waals surface area contributed by atoms with Crippen LogP contribution >= 0.6 is 27.3 Å². The number of fused-ring (bicyclic) bond motifs is 1. The molecule has 0 atom stereocenters. The van der Waals surface area contributed by atoms with Crippen molar-refractivity contribution < 1.29 is 0 Å². The molecule has 0 radical (unpaired) electrons. The van der Waals surface area contributed by atoms with Gasteiger partial charge in [0.1, 0.15) is 17.0 Å². The monoisotopic (exact) mass is 437 g/mol. The van der Waals surface area contributed by atoms with Crippen LogP contribution < -0.4 is 4.90 Å². The van der Waals surface area contributed by atoms with Crippen molar-refractivity contribution in [1.29, 1.82) is 0 Å². The number of hydrogen-bond acceptors (Lipinski definition) is 4. The molecule has 0 spiro atoms. The zero-order chi connectivity index (χ0) is 18.8. The first-order valence-electron chi connectivity index (χ1n) is 9.07. The van der Waals surface area contributed by atoms with Crippen LogP contribution in [0.4, 0.5) is 11.5 Å². The number of rotatable bonds is 5. The second-order valence-corrected chi connectivity index (χ2v) is 8.22. The van der Waals surface area contributed by atoms with Crippen LogP contribution in [0.3, 0.4) is 0 Å². The van der Waals surface area contributed by atoms with Crippen molar-refractivity contribution in [2.45, 2.75) is 20.3 Å². The highest BCUT2D eigenvalue weighted by atomic mass is 79.9. The maximum atomic E-state index is 4.72. The SMILES string of the molecule is CCc1sc2ncnc(N(CC)c3ccccc3)c2c1-c1ccc(Br)cc1. The van der Waals surface area contributed by atoms with Gasteiger partial charge in [-0.1, -0.05) is 53.2 Å². The van der Waals surface area contributed by atoms with Crippen molar-refractivity contribution in [3.63, 3.8) is 0 Å². The Morgan fingerprint density at radius 2 is 1.70 bits per heavy atom. The molecule has 0 aliphatic carbocycles. The molecule has 0 unspecified atom stereocenters. The van der Waals surface area contributed by atoms with E-state index in [1.54, 1.807) is 17.7 Å². The molecule has 4 aromatic rings. The largest absolute Gasteiger partial charge is 0.326 e. The van der Waals surface area contributed by atoms with Crippen molar-refractivity contribution in [3.05, 3.63) is 70.3 Å². The van der Waals surface area contributed by atoms with E-state index >= 15 is 0 Å². The summed E-state index contributed by atoms with van der Waals surface area (Å²) in [6.45, 7) is 5.20. The van der Waals surface area contributed by atoms with E-state index in [4.69, 9.17) is 4.98 Å². The third-order valence-corrected chi connectivity index (χ3v) is 6.41. The first kappa shape index (κ1) is 18.1. The standard InChI is InChI=1S/C22H20BrN3S/c1-3-18-19(15-10-12-16(23)13-11-15)20-21(24-14-25-22(20)27-18)26(4-2)17-8-6-5-7-9-17/h5-14H,3-4H2,1-2H3. The number of thiophene rings is 1. The quantitative estimate of drug-likeness (QED) is 0.342. The van der Waals surface area contributed by atoms with E-state index in [2.05, 4.69) is 88.2 Å². The highest BCUT2D eigenvalue weighted by Gasteiger charge is 2.21. The molecule has 136 valence electrons. The lowest BCUT2D eigenvalue weighted by Crippen LogP contribution is -2.17. The van der Waals surface area contributed by atoms with E-state index in [1.807, 2.05) is 6.07 Å². The van der Waals surface area contributed by atoms with Gasteiger partial charge in [-0.2, -0.15) is 0 Å². The molecule has 2 aromatic carbocycles. The summed E-state index contributed by atoms with van der Waals surface area (Å²) in [4.78, 5) is 14.0. The van der Waals surface area contributed by atoms with Gasteiger partial charge in [0.15, 0.2) is 0 Å². The fourth-order valence-electron chi connectivity index (χ4n) is 3.40. The van der Waals surface area contributed by atoms with Crippen LogP contribution in [0.5, 0.6) is 0 Å². The number of hydrogen-bond donors (Lipinski definition) is 0. The first-order chi connectivity index (χ1) is 13.2. The molecule has 3 nitrogen and oxygen atoms in total. The molecule has 4 rings (SSSR count). The fourth-order valence-corrected chi connectivity index (χ4v) is 4.76. The molecule has 2 aromatic heterocycles. The number of aromatic nitrogens is 2. The summed E-state index contributed by atoms with van der Waals surface area (Å²) in [6, 6.07) is 19.0. The molecule has 5 heteroatoms.